The van der Waals surface area contributed by atoms with Crippen LogP contribution in [0.4, 0.5) is 5.69 Å². The van der Waals surface area contributed by atoms with Crippen LogP contribution in [0.1, 0.15) is 26.3 Å². The molecular weight excluding hydrogens is 230 g/mol. The normalized spacial score (nSPS) is 11.6. The van der Waals surface area contributed by atoms with E-state index in [-0.39, 0.29) is 5.60 Å². The van der Waals surface area contributed by atoms with Gasteiger partial charge in [-0.2, -0.15) is 0 Å². The Morgan fingerprint density at radius 3 is 2.50 bits per heavy atom. The highest BCUT2D eigenvalue weighted by Gasteiger charge is 2.09. The quantitative estimate of drug-likeness (QED) is 0.625. The fraction of sp³-hybridized carbons (Fsp3) is 0.571. The first kappa shape index (κ1) is 14.8. The molecule has 0 amide bonds. The van der Waals surface area contributed by atoms with Crippen LogP contribution in [0.2, 0.25) is 0 Å². The summed E-state index contributed by atoms with van der Waals surface area (Å²) in [6.07, 6.45) is 0. The van der Waals surface area contributed by atoms with Gasteiger partial charge in [-0.25, -0.2) is 0 Å². The minimum atomic E-state index is -0.127. The molecule has 2 N–H and O–H groups in total. The first-order chi connectivity index (χ1) is 8.42. The molecule has 0 aliphatic heterocycles. The second-order valence-corrected chi connectivity index (χ2v) is 5.08. The Hall–Kier alpha value is -1.26. The zero-order chi connectivity index (χ0) is 13.6. The molecule has 102 valence electrons. The number of nitrogen functional groups attached to an aromatic ring is 1. The number of benzene rings is 1. The van der Waals surface area contributed by atoms with Gasteiger partial charge >= 0.3 is 0 Å². The Morgan fingerprint density at radius 2 is 1.89 bits per heavy atom. The Kier molecular flexibility index (Phi) is 5.44. The van der Waals surface area contributed by atoms with Gasteiger partial charge in [0.2, 0.25) is 0 Å². The van der Waals surface area contributed by atoms with Crippen molar-refractivity contribution in [3.8, 4) is 5.75 Å². The Balaban J connectivity index is 2.37. The summed E-state index contributed by atoms with van der Waals surface area (Å²) < 4.78 is 16.4. The molecule has 0 aliphatic rings. The van der Waals surface area contributed by atoms with Crippen LogP contribution >= 0.6 is 0 Å². The maximum absolute atomic E-state index is 5.73. The summed E-state index contributed by atoms with van der Waals surface area (Å²) in [6, 6.07) is 5.52. The molecular formula is C14H23NO3. The molecule has 0 bridgehead atoms. The van der Waals surface area contributed by atoms with E-state index in [4.69, 9.17) is 19.9 Å². The van der Waals surface area contributed by atoms with Gasteiger partial charge in [-0.15, -0.1) is 0 Å². The van der Waals surface area contributed by atoms with Gasteiger partial charge in [0, 0.05) is 11.3 Å². The summed E-state index contributed by atoms with van der Waals surface area (Å²) in [5.41, 5.74) is 7.27. The van der Waals surface area contributed by atoms with E-state index in [2.05, 4.69) is 0 Å². The van der Waals surface area contributed by atoms with Crippen molar-refractivity contribution in [1.82, 2.24) is 0 Å². The Bertz CT molecular complexity index is 372. The minimum Gasteiger partial charge on any atom is -0.496 e. The molecule has 0 radical (unpaired) electrons. The van der Waals surface area contributed by atoms with Gasteiger partial charge in [-0.05, 0) is 39.0 Å². The predicted octanol–water partition coefficient (Wildman–Crippen LogP) is 2.61. The summed E-state index contributed by atoms with van der Waals surface area (Å²) in [4.78, 5) is 0. The van der Waals surface area contributed by atoms with Crippen molar-refractivity contribution in [1.29, 1.82) is 0 Å². The van der Waals surface area contributed by atoms with Crippen LogP contribution in [0.3, 0.4) is 0 Å². The van der Waals surface area contributed by atoms with E-state index in [1.807, 2.05) is 39.0 Å². The molecule has 0 spiro atoms. The standard InChI is InChI=1S/C14H23NO3/c1-14(2,3)18-8-7-17-10-11-9-12(15)5-6-13(11)16-4/h5-6,9H,7-8,10,15H2,1-4H3. The van der Waals surface area contributed by atoms with Crippen molar-refractivity contribution in [2.75, 3.05) is 26.1 Å². The zero-order valence-electron chi connectivity index (χ0n) is 11.7. The van der Waals surface area contributed by atoms with Crippen LogP contribution < -0.4 is 10.5 Å². The molecule has 0 saturated carbocycles. The Morgan fingerprint density at radius 1 is 1.17 bits per heavy atom. The molecule has 0 unspecified atom stereocenters. The fourth-order valence-corrected chi connectivity index (χ4v) is 1.50. The first-order valence-corrected chi connectivity index (χ1v) is 6.06. The minimum absolute atomic E-state index is 0.127. The van der Waals surface area contributed by atoms with Crippen LogP contribution in [0.15, 0.2) is 18.2 Å². The van der Waals surface area contributed by atoms with Gasteiger partial charge in [0.1, 0.15) is 5.75 Å². The highest BCUT2D eigenvalue weighted by molar-refractivity contribution is 5.47. The van der Waals surface area contributed by atoms with Crippen LogP contribution in [0.5, 0.6) is 5.75 Å². The number of anilines is 1. The van der Waals surface area contributed by atoms with Crippen molar-refractivity contribution in [2.45, 2.75) is 33.0 Å². The molecule has 0 aliphatic carbocycles. The molecule has 0 fully saturated rings. The van der Waals surface area contributed by atoms with Gasteiger partial charge in [0.15, 0.2) is 0 Å². The predicted molar refractivity (Wildman–Crippen MR) is 72.8 cm³/mol. The SMILES string of the molecule is COc1ccc(N)cc1COCCOC(C)(C)C. The maximum Gasteiger partial charge on any atom is 0.124 e. The van der Waals surface area contributed by atoms with E-state index >= 15 is 0 Å². The number of ether oxygens (including phenoxy) is 3. The Labute approximate surface area is 109 Å². The summed E-state index contributed by atoms with van der Waals surface area (Å²) in [5.74, 6) is 0.793. The smallest absolute Gasteiger partial charge is 0.124 e. The van der Waals surface area contributed by atoms with Crippen molar-refractivity contribution in [3.05, 3.63) is 23.8 Å². The molecule has 1 aromatic carbocycles. The van der Waals surface area contributed by atoms with E-state index in [1.54, 1.807) is 7.11 Å². The molecule has 0 aromatic heterocycles. The van der Waals surface area contributed by atoms with E-state index in [0.29, 0.717) is 25.5 Å². The number of nitrogens with two attached hydrogens (primary N) is 1. The third-order valence-electron chi connectivity index (χ3n) is 2.32. The van der Waals surface area contributed by atoms with E-state index < -0.39 is 0 Å². The van der Waals surface area contributed by atoms with Gasteiger partial charge in [-0.3, -0.25) is 0 Å². The van der Waals surface area contributed by atoms with Crippen molar-refractivity contribution in [3.63, 3.8) is 0 Å². The van der Waals surface area contributed by atoms with Gasteiger partial charge in [0.05, 0.1) is 32.5 Å². The summed E-state index contributed by atoms with van der Waals surface area (Å²) in [7, 11) is 1.64. The van der Waals surface area contributed by atoms with Gasteiger partial charge in [-0.1, -0.05) is 0 Å². The third-order valence-corrected chi connectivity index (χ3v) is 2.32. The lowest BCUT2D eigenvalue weighted by Crippen LogP contribution is -2.21. The average Bonchev–Trinajstić information content (AvgIpc) is 2.27. The van der Waals surface area contributed by atoms with Crippen LogP contribution in [0.25, 0.3) is 0 Å². The molecule has 4 nitrogen and oxygen atoms in total. The molecule has 0 saturated heterocycles. The summed E-state index contributed by atoms with van der Waals surface area (Å²) in [5, 5.41) is 0. The summed E-state index contributed by atoms with van der Waals surface area (Å²) in [6.45, 7) is 7.67. The zero-order valence-corrected chi connectivity index (χ0v) is 11.7. The van der Waals surface area contributed by atoms with Gasteiger partial charge < -0.3 is 19.9 Å². The van der Waals surface area contributed by atoms with E-state index in [9.17, 15) is 0 Å². The lowest BCUT2D eigenvalue weighted by Gasteiger charge is -2.19. The topological polar surface area (TPSA) is 53.7 Å². The molecule has 18 heavy (non-hydrogen) atoms. The van der Waals surface area contributed by atoms with Gasteiger partial charge in [0.25, 0.3) is 0 Å². The number of hydrogen-bond donors (Lipinski definition) is 1. The molecule has 4 heteroatoms. The average molecular weight is 253 g/mol. The highest BCUT2D eigenvalue weighted by Crippen LogP contribution is 2.21. The van der Waals surface area contributed by atoms with Crippen molar-refractivity contribution >= 4 is 5.69 Å². The fourth-order valence-electron chi connectivity index (χ4n) is 1.50. The monoisotopic (exact) mass is 253 g/mol. The largest absolute Gasteiger partial charge is 0.496 e. The van der Waals surface area contributed by atoms with Crippen molar-refractivity contribution in [2.24, 2.45) is 0 Å². The summed E-state index contributed by atoms with van der Waals surface area (Å²) >= 11 is 0. The number of hydrogen-bond acceptors (Lipinski definition) is 4. The second-order valence-electron chi connectivity index (χ2n) is 5.08. The van der Waals surface area contributed by atoms with Crippen LogP contribution in [-0.4, -0.2) is 25.9 Å². The van der Waals surface area contributed by atoms with E-state index in [1.165, 1.54) is 0 Å². The maximum atomic E-state index is 5.73. The first-order valence-electron chi connectivity index (χ1n) is 6.06. The van der Waals surface area contributed by atoms with Crippen LogP contribution in [0, 0.1) is 0 Å². The molecule has 1 rings (SSSR count). The lowest BCUT2D eigenvalue weighted by molar-refractivity contribution is -0.0378. The third kappa shape index (κ3) is 5.38. The molecule has 1 aromatic rings. The number of rotatable bonds is 6. The van der Waals surface area contributed by atoms with E-state index in [0.717, 1.165) is 11.3 Å². The molecule has 0 atom stereocenters. The second kappa shape index (κ2) is 6.61. The number of methoxy groups -OCH3 is 1. The highest BCUT2D eigenvalue weighted by atomic mass is 16.5. The van der Waals surface area contributed by atoms with Crippen LogP contribution in [-0.2, 0) is 16.1 Å². The lowest BCUT2D eigenvalue weighted by atomic mass is 10.2. The van der Waals surface area contributed by atoms with Crippen molar-refractivity contribution < 1.29 is 14.2 Å². The molecule has 0 heterocycles.